The average Bonchev–Trinajstić information content (AvgIpc) is 2.40. The Hall–Kier alpha value is -0.530. The van der Waals surface area contributed by atoms with Crippen LogP contribution in [-0.2, 0) is 0 Å². The zero-order valence-corrected chi connectivity index (χ0v) is 13.2. The van der Waals surface area contributed by atoms with Crippen molar-refractivity contribution < 1.29 is 0 Å². The number of hydrogen-bond donors (Lipinski definition) is 1. The van der Waals surface area contributed by atoms with Crippen molar-refractivity contribution in [2.75, 3.05) is 0 Å². The van der Waals surface area contributed by atoms with Crippen molar-refractivity contribution in [3.05, 3.63) is 34.3 Å². The summed E-state index contributed by atoms with van der Waals surface area (Å²) in [5.74, 6) is 0. The predicted octanol–water partition coefficient (Wildman–Crippen LogP) is 5.79. The van der Waals surface area contributed by atoms with Crippen LogP contribution in [0.15, 0.2) is 18.2 Å². The first-order chi connectivity index (χ1) is 9.16. The van der Waals surface area contributed by atoms with Gasteiger partial charge in [-0.1, -0.05) is 81.7 Å². The fourth-order valence-corrected chi connectivity index (χ4v) is 2.70. The van der Waals surface area contributed by atoms with Gasteiger partial charge in [0, 0.05) is 11.1 Å². The van der Waals surface area contributed by atoms with Crippen LogP contribution < -0.4 is 5.73 Å². The molecule has 0 saturated heterocycles. The molecule has 0 spiro atoms. The lowest BCUT2D eigenvalue weighted by Gasteiger charge is -2.14. The number of hydrogen-bond acceptors (Lipinski definition) is 1. The van der Waals surface area contributed by atoms with Crippen molar-refractivity contribution in [2.24, 2.45) is 5.73 Å². The normalized spacial score (nSPS) is 12.6. The molecule has 1 atom stereocenters. The molecule has 19 heavy (non-hydrogen) atoms. The monoisotopic (exact) mass is 281 g/mol. The predicted molar refractivity (Wildman–Crippen MR) is 85.7 cm³/mol. The first-order valence-corrected chi connectivity index (χ1v) is 8.05. The Bertz CT molecular complexity index is 362. The second kappa shape index (κ2) is 9.39. The summed E-state index contributed by atoms with van der Waals surface area (Å²) < 4.78 is 0. The van der Waals surface area contributed by atoms with Gasteiger partial charge < -0.3 is 5.73 Å². The molecule has 1 aromatic carbocycles. The highest BCUT2D eigenvalue weighted by atomic mass is 35.5. The van der Waals surface area contributed by atoms with Crippen molar-refractivity contribution in [3.63, 3.8) is 0 Å². The molecule has 0 bridgehead atoms. The molecule has 2 N–H and O–H groups in total. The summed E-state index contributed by atoms with van der Waals surface area (Å²) in [6.07, 6.45) is 10.3. The molecule has 0 aliphatic carbocycles. The van der Waals surface area contributed by atoms with Gasteiger partial charge >= 0.3 is 0 Å². The fourth-order valence-electron chi connectivity index (χ4n) is 2.43. The van der Waals surface area contributed by atoms with Crippen LogP contribution in [0.2, 0.25) is 5.02 Å². The van der Waals surface area contributed by atoms with E-state index in [0.29, 0.717) is 0 Å². The maximum atomic E-state index is 6.31. The molecule has 1 aromatic rings. The maximum absolute atomic E-state index is 6.31. The summed E-state index contributed by atoms with van der Waals surface area (Å²) in [5.41, 5.74) is 8.47. The average molecular weight is 282 g/mol. The van der Waals surface area contributed by atoms with Crippen molar-refractivity contribution >= 4 is 11.6 Å². The molecule has 0 amide bonds. The largest absolute Gasteiger partial charge is 0.324 e. The van der Waals surface area contributed by atoms with E-state index < -0.39 is 0 Å². The number of benzene rings is 1. The topological polar surface area (TPSA) is 26.0 Å². The summed E-state index contributed by atoms with van der Waals surface area (Å²) in [7, 11) is 0. The van der Waals surface area contributed by atoms with Gasteiger partial charge in [-0.15, -0.1) is 0 Å². The van der Waals surface area contributed by atoms with Crippen molar-refractivity contribution in [2.45, 2.75) is 71.3 Å². The molecule has 0 aromatic heterocycles. The van der Waals surface area contributed by atoms with Gasteiger partial charge in [0.1, 0.15) is 0 Å². The quantitative estimate of drug-likeness (QED) is 0.570. The van der Waals surface area contributed by atoms with E-state index in [0.717, 1.165) is 22.6 Å². The van der Waals surface area contributed by atoms with E-state index in [1.165, 1.54) is 44.9 Å². The third kappa shape index (κ3) is 5.97. The van der Waals surface area contributed by atoms with Gasteiger partial charge in [0.05, 0.1) is 0 Å². The van der Waals surface area contributed by atoms with E-state index in [4.69, 9.17) is 17.3 Å². The lowest BCUT2D eigenvalue weighted by Crippen LogP contribution is -2.11. The minimum Gasteiger partial charge on any atom is -0.324 e. The van der Waals surface area contributed by atoms with Crippen LogP contribution in [0.25, 0.3) is 0 Å². The van der Waals surface area contributed by atoms with Gasteiger partial charge in [0.15, 0.2) is 0 Å². The summed E-state index contributed by atoms with van der Waals surface area (Å²) in [4.78, 5) is 0. The number of aryl methyl sites for hydroxylation is 1. The van der Waals surface area contributed by atoms with Crippen molar-refractivity contribution in [1.29, 1.82) is 0 Å². The lowest BCUT2D eigenvalue weighted by atomic mass is 9.99. The van der Waals surface area contributed by atoms with Crippen LogP contribution in [0.4, 0.5) is 0 Å². The molecule has 0 radical (unpaired) electrons. The number of unbranched alkanes of at least 4 members (excludes halogenated alkanes) is 6. The van der Waals surface area contributed by atoms with Gasteiger partial charge in [-0.25, -0.2) is 0 Å². The molecule has 0 aliphatic heterocycles. The first kappa shape index (κ1) is 16.5. The Kier molecular flexibility index (Phi) is 8.16. The molecular weight excluding hydrogens is 254 g/mol. The summed E-state index contributed by atoms with van der Waals surface area (Å²) in [6.45, 7) is 4.29. The van der Waals surface area contributed by atoms with Gasteiger partial charge in [-0.05, 0) is 24.5 Å². The van der Waals surface area contributed by atoms with E-state index >= 15 is 0 Å². The molecule has 2 heteroatoms. The summed E-state index contributed by atoms with van der Waals surface area (Å²) in [5, 5.41) is 0.845. The van der Waals surface area contributed by atoms with Gasteiger partial charge in [0.25, 0.3) is 0 Å². The Morgan fingerprint density at radius 2 is 1.68 bits per heavy atom. The Labute approximate surface area is 123 Å². The number of rotatable bonds is 9. The van der Waals surface area contributed by atoms with E-state index in [2.05, 4.69) is 13.0 Å². The Morgan fingerprint density at radius 3 is 2.37 bits per heavy atom. The van der Waals surface area contributed by atoms with Crippen LogP contribution in [0, 0.1) is 6.92 Å². The summed E-state index contributed by atoms with van der Waals surface area (Å²) in [6, 6.07) is 6.22. The van der Waals surface area contributed by atoms with Crippen LogP contribution in [0.5, 0.6) is 0 Å². The second-order valence-corrected chi connectivity index (χ2v) is 5.87. The zero-order chi connectivity index (χ0) is 14.1. The highest BCUT2D eigenvalue weighted by molar-refractivity contribution is 6.32. The highest BCUT2D eigenvalue weighted by Crippen LogP contribution is 2.27. The first-order valence-electron chi connectivity index (χ1n) is 7.67. The molecule has 0 saturated carbocycles. The fraction of sp³-hybridized carbons (Fsp3) is 0.647. The van der Waals surface area contributed by atoms with E-state index in [-0.39, 0.29) is 6.04 Å². The molecule has 108 valence electrons. The van der Waals surface area contributed by atoms with E-state index in [9.17, 15) is 0 Å². The van der Waals surface area contributed by atoms with Gasteiger partial charge in [-0.3, -0.25) is 0 Å². The standard InChI is InChI=1S/C17H28ClN/c1-3-4-5-6-7-8-9-13-16(19)15-12-10-11-14(2)17(15)18/h10-12,16H,3-9,13,19H2,1-2H3. The zero-order valence-electron chi connectivity index (χ0n) is 12.4. The highest BCUT2D eigenvalue weighted by Gasteiger charge is 2.10. The minimum atomic E-state index is 0.0861. The van der Waals surface area contributed by atoms with Crippen LogP contribution >= 0.6 is 11.6 Å². The Morgan fingerprint density at radius 1 is 1.05 bits per heavy atom. The van der Waals surface area contributed by atoms with Crippen LogP contribution in [0.3, 0.4) is 0 Å². The Balaban J connectivity index is 2.24. The molecule has 1 nitrogen and oxygen atoms in total. The SMILES string of the molecule is CCCCCCCCCC(N)c1cccc(C)c1Cl. The van der Waals surface area contributed by atoms with Crippen molar-refractivity contribution in [1.82, 2.24) is 0 Å². The summed E-state index contributed by atoms with van der Waals surface area (Å²) >= 11 is 6.31. The lowest BCUT2D eigenvalue weighted by molar-refractivity contribution is 0.541. The molecule has 0 heterocycles. The van der Waals surface area contributed by atoms with Crippen LogP contribution in [0.1, 0.15) is 75.5 Å². The third-order valence-electron chi connectivity index (χ3n) is 3.74. The number of halogens is 1. The molecule has 1 rings (SSSR count). The van der Waals surface area contributed by atoms with E-state index in [1.807, 2.05) is 19.1 Å². The molecule has 1 unspecified atom stereocenters. The third-order valence-corrected chi connectivity index (χ3v) is 4.26. The maximum Gasteiger partial charge on any atom is 0.0482 e. The number of nitrogens with two attached hydrogens (primary N) is 1. The van der Waals surface area contributed by atoms with Gasteiger partial charge in [-0.2, -0.15) is 0 Å². The van der Waals surface area contributed by atoms with E-state index in [1.54, 1.807) is 0 Å². The smallest absolute Gasteiger partial charge is 0.0482 e. The van der Waals surface area contributed by atoms with Gasteiger partial charge in [0.2, 0.25) is 0 Å². The molecular formula is C17H28ClN. The molecule has 0 aliphatic rings. The second-order valence-electron chi connectivity index (χ2n) is 5.49. The minimum absolute atomic E-state index is 0.0861. The van der Waals surface area contributed by atoms with Crippen LogP contribution in [-0.4, -0.2) is 0 Å². The molecule has 0 fully saturated rings. The van der Waals surface area contributed by atoms with Crippen molar-refractivity contribution in [3.8, 4) is 0 Å².